The quantitative estimate of drug-likeness (QED) is 0.266. The van der Waals surface area contributed by atoms with Gasteiger partial charge < -0.3 is 15.0 Å². The number of nitrogens with zero attached hydrogens (tertiary/aromatic N) is 2. The highest BCUT2D eigenvalue weighted by Gasteiger charge is 2.15. The standard InChI is InChI=1S/C26H21N3O2/c1-17-14-20(15-21(16-27)26(31)28-22-10-12-23(30)13-11-22)18(2)29(17)25-9-5-7-19-6-3-4-8-24(19)25/h3-15,30H,1-2H3,(H,28,31). The highest BCUT2D eigenvalue weighted by molar-refractivity contribution is 6.09. The van der Waals surface area contributed by atoms with Gasteiger partial charge in [-0.1, -0.05) is 36.4 Å². The highest BCUT2D eigenvalue weighted by Crippen LogP contribution is 2.28. The van der Waals surface area contributed by atoms with E-state index in [1.165, 1.54) is 12.1 Å². The molecule has 0 aliphatic rings. The highest BCUT2D eigenvalue weighted by atomic mass is 16.3. The van der Waals surface area contributed by atoms with Crippen LogP contribution >= 0.6 is 0 Å². The Kier molecular flexibility index (Phi) is 5.30. The molecule has 5 nitrogen and oxygen atoms in total. The molecule has 0 radical (unpaired) electrons. The van der Waals surface area contributed by atoms with Gasteiger partial charge in [-0.2, -0.15) is 5.26 Å². The fraction of sp³-hybridized carbons (Fsp3) is 0.0769. The number of carbonyl (C=O) groups excluding carboxylic acids is 1. The summed E-state index contributed by atoms with van der Waals surface area (Å²) in [6, 6.07) is 24.4. The number of anilines is 1. The van der Waals surface area contributed by atoms with Gasteiger partial charge >= 0.3 is 0 Å². The first kappa shape index (κ1) is 20.0. The number of aromatic nitrogens is 1. The molecule has 2 N–H and O–H groups in total. The molecule has 1 aromatic heterocycles. The van der Waals surface area contributed by atoms with Crippen LogP contribution in [0.5, 0.6) is 5.75 Å². The molecule has 3 aromatic carbocycles. The molecular formula is C26H21N3O2. The van der Waals surface area contributed by atoms with Crippen molar-refractivity contribution >= 4 is 28.4 Å². The van der Waals surface area contributed by atoms with Gasteiger partial charge in [0.05, 0.1) is 5.69 Å². The van der Waals surface area contributed by atoms with Crippen LogP contribution in [0, 0.1) is 25.2 Å². The number of nitriles is 1. The SMILES string of the molecule is Cc1cc(C=C(C#N)C(=O)Nc2ccc(O)cc2)c(C)n1-c1cccc2ccccc12. The van der Waals surface area contributed by atoms with Gasteiger partial charge in [0.15, 0.2) is 0 Å². The number of hydrogen-bond acceptors (Lipinski definition) is 3. The summed E-state index contributed by atoms with van der Waals surface area (Å²) >= 11 is 0. The minimum absolute atomic E-state index is 0.00578. The third-order valence-corrected chi connectivity index (χ3v) is 5.27. The van der Waals surface area contributed by atoms with E-state index in [4.69, 9.17) is 0 Å². The van der Waals surface area contributed by atoms with E-state index < -0.39 is 5.91 Å². The summed E-state index contributed by atoms with van der Waals surface area (Å²) in [7, 11) is 0. The summed E-state index contributed by atoms with van der Waals surface area (Å²) in [6.07, 6.45) is 1.61. The number of nitrogens with one attached hydrogen (secondary N) is 1. The zero-order valence-electron chi connectivity index (χ0n) is 17.3. The molecular weight excluding hydrogens is 386 g/mol. The monoisotopic (exact) mass is 407 g/mol. The van der Waals surface area contributed by atoms with Gasteiger partial charge in [0.1, 0.15) is 17.4 Å². The van der Waals surface area contributed by atoms with Gasteiger partial charge in [-0.15, -0.1) is 0 Å². The lowest BCUT2D eigenvalue weighted by atomic mass is 10.1. The third-order valence-electron chi connectivity index (χ3n) is 5.27. The summed E-state index contributed by atoms with van der Waals surface area (Å²) in [5.41, 5.74) is 4.33. The van der Waals surface area contributed by atoms with Crippen molar-refractivity contribution in [2.24, 2.45) is 0 Å². The molecule has 1 heterocycles. The van der Waals surface area contributed by atoms with Crippen LogP contribution in [0.2, 0.25) is 0 Å². The van der Waals surface area contributed by atoms with E-state index in [-0.39, 0.29) is 11.3 Å². The van der Waals surface area contributed by atoms with E-state index in [2.05, 4.69) is 34.1 Å². The van der Waals surface area contributed by atoms with Crippen LogP contribution in [0.3, 0.4) is 0 Å². The molecule has 0 aliphatic carbocycles. The molecule has 0 aliphatic heterocycles. The van der Waals surface area contributed by atoms with Crippen molar-refractivity contribution in [3.05, 3.63) is 95.3 Å². The number of rotatable bonds is 4. The van der Waals surface area contributed by atoms with E-state index in [1.807, 2.05) is 44.2 Å². The van der Waals surface area contributed by atoms with E-state index in [0.29, 0.717) is 5.69 Å². The van der Waals surface area contributed by atoms with Crippen molar-refractivity contribution in [3.8, 4) is 17.5 Å². The number of fused-ring (bicyclic) bond motifs is 1. The van der Waals surface area contributed by atoms with Crippen molar-refractivity contribution in [1.29, 1.82) is 5.26 Å². The molecule has 1 amide bonds. The third kappa shape index (κ3) is 3.92. The zero-order valence-corrected chi connectivity index (χ0v) is 17.3. The number of aryl methyl sites for hydroxylation is 1. The number of carbonyl (C=O) groups is 1. The number of hydrogen-bond donors (Lipinski definition) is 2. The van der Waals surface area contributed by atoms with E-state index in [9.17, 15) is 15.2 Å². The average Bonchev–Trinajstić information content (AvgIpc) is 3.05. The van der Waals surface area contributed by atoms with Gasteiger partial charge in [-0.3, -0.25) is 4.79 Å². The summed E-state index contributed by atoms with van der Waals surface area (Å²) in [4.78, 5) is 12.6. The number of phenolic OH excluding ortho intramolecular Hbond substituents is 1. The van der Waals surface area contributed by atoms with Crippen molar-refractivity contribution in [3.63, 3.8) is 0 Å². The number of phenols is 1. The molecule has 4 rings (SSSR count). The van der Waals surface area contributed by atoms with Crippen molar-refractivity contribution in [2.45, 2.75) is 13.8 Å². The summed E-state index contributed by atoms with van der Waals surface area (Å²) < 4.78 is 2.14. The topological polar surface area (TPSA) is 78.1 Å². The molecule has 152 valence electrons. The average molecular weight is 407 g/mol. The minimum Gasteiger partial charge on any atom is -0.508 e. The molecule has 0 saturated heterocycles. The Labute approximate surface area is 180 Å². The predicted molar refractivity (Wildman–Crippen MR) is 123 cm³/mol. The molecule has 0 spiro atoms. The van der Waals surface area contributed by atoms with Crippen LogP contribution < -0.4 is 5.32 Å². The Morgan fingerprint density at radius 1 is 1.03 bits per heavy atom. The molecule has 4 aromatic rings. The Balaban J connectivity index is 1.72. The van der Waals surface area contributed by atoms with Crippen LogP contribution in [-0.2, 0) is 4.79 Å². The molecule has 0 unspecified atom stereocenters. The Morgan fingerprint density at radius 2 is 1.74 bits per heavy atom. The van der Waals surface area contributed by atoms with Gasteiger partial charge in [0.25, 0.3) is 5.91 Å². The Morgan fingerprint density at radius 3 is 2.48 bits per heavy atom. The van der Waals surface area contributed by atoms with Gasteiger partial charge in [-0.25, -0.2) is 0 Å². The van der Waals surface area contributed by atoms with Gasteiger partial charge in [0.2, 0.25) is 0 Å². The number of amides is 1. The molecule has 0 bridgehead atoms. The molecule has 31 heavy (non-hydrogen) atoms. The van der Waals surface area contributed by atoms with Crippen LogP contribution in [-0.4, -0.2) is 15.6 Å². The van der Waals surface area contributed by atoms with Crippen molar-refractivity contribution in [1.82, 2.24) is 4.57 Å². The second-order valence-corrected chi connectivity index (χ2v) is 7.33. The minimum atomic E-state index is -0.497. The molecule has 0 atom stereocenters. The summed E-state index contributed by atoms with van der Waals surface area (Å²) in [5.74, 6) is -0.391. The Hall–Kier alpha value is -4.30. The zero-order chi connectivity index (χ0) is 22.0. The molecule has 0 saturated carbocycles. The first-order valence-corrected chi connectivity index (χ1v) is 9.87. The van der Waals surface area contributed by atoms with Crippen molar-refractivity contribution < 1.29 is 9.90 Å². The summed E-state index contributed by atoms with van der Waals surface area (Å²) in [6.45, 7) is 3.99. The van der Waals surface area contributed by atoms with Crippen molar-refractivity contribution in [2.75, 3.05) is 5.32 Å². The lowest BCUT2D eigenvalue weighted by Crippen LogP contribution is -2.13. The van der Waals surface area contributed by atoms with Gasteiger partial charge in [-0.05, 0) is 67.3 Å². The first-order valence-electron chi connectivity index (χ1n) is 9.87. The lowest BCUT2D eigenvalue weighted by Gasteiger charge is -2.13. The smallest absolute Gasteiger partial charge is 0.266 e. The Bertz CT molecular complexity index is 1350. The lowest BCUT2D eigenvalue weighted by molar-refractivity contribution is -0.112. The van der Waals surface area contributed by atoms with E-state index in [0.717, 1.165) is 33.4 Å². The maximum absolute atomic E-state index is 12.6. The maximum atomic E-state index is 12.6. The second-order valence-electron chi connectivity index (χ2n) is 7.33. The normalized spacial score (nSPS) is 11.3. The largest absolute Gasteiger partial charge is 0.508 e. The fourth-order valence-electron chi connectivity index (χ4n) is 3.76. The van der Waals surface area contributed by atoms with Crippen LogP contribution in [0.25, 0.3) is 22.5 Å². The van der Waals surface area contributed by atoms with E-state index >= 15 is 0 Å². The first-order chi connectivity index (χ1) is 15.0. The number of aromatic hydroxyl groups is 1. The van der Waals surface area contributed by atoms with Crippen LogP contribution in [0.1, 0.15) is 17.0 Å². The van der Waals surface area contributed by atoms with E-state index in [1.54, 1.807) is 18.2 Å². The molecule has 0 fully saturated rings. The maximum Gasteiger partial charge on any atom is 0.266 e. The summed E-state index contributed by atoms with van der Waals surface area (Å²) in [5, 5.41) is 23.9. The van der Waals surface area contributed by atoms with Gasteiger partial charge in [0, 0.05) is 22.5 Å². The molecule has 5 heteroatoms. The predicted octanol–water partition coefficient (Wildman–Crippen LogP) is 5.50. The van der Waals surface area contributed by atoms with Crippen LogP contribution in [0.15, 0.2) is 78.4 Å². The van der Waals surface area contributed by atoms with Crippen LogP contribution in [0.4, 0.5) is 5.69 Å². The second kappa shape index (κ2) is 8.21. The fourth-order valence-corrected chi connectivity index (χ4v) is 3.76. The number of benzene rings is 3.